The van der Waals surface area contributed by atoms with E-state index in [-0.39, 0.29) is 18.9 Å². The topological polar surface area (TPSA) is 95.7 Å². The van der Waals surface area contributed by atoms with E-state index in [1.54, 1.807) is 39.5 Å². The van der Waals surface area contributed by atoms with Crippen LogP contribution >= 0.6 is 0 Å². The largest absolute Gasteiger partial charge is 0.497 e. The van der Waals surface area contributed by atoms with E-state index in [0.717, 1.165) is 16.9 Å². The summed E-state index contributed by atoms with van der Waals surface area (Å²) in [5.41, 5.74) is 1.60. The molecule has 0 fully saturated rings. The van der Waals surface area contributed by atoms with Gasteiger partial charge in [0.1, 0.15) is 5.75 Å². The third-order valence-corrected chi connectivity index (χ3v) is 4.07. The van der Waals surface area contributed by atoms with Gasteiger partial charge in [0, 0.05) is 5.56 Å². The van der Waals surface area contributed by atoms with Gasteiger partial charge in [-0.3, -0.25) is 4.79 Å². The zero-order valence-electron chi connectivity index (χ0n) is 15.9. The van der Waals surface area contributed by atoms with Crippen LogP contribution in [0.3, 0.4) is 0 Å². The van der Waals surface area contributed by atoms with Gasteiger partial charge in [0.05, 0.1) is 34.3 Å². The van der Waals surface area contributed by atoms with Crippen molar-refractivity contribution in [2.75, 3.05) is 21.3 Å². The first-order valence-electron chi connectivity index (χ1n) is 8.57. The molecule has 146 valence electrons. The summed E-state index contributed by atoms with van der Waals surface area (Å²) in [5.74, 6) is 2.50. The van der Waals surface area contributed by atoms with Crippen molar-refractivity contribution >= 4 is 5.91 Å². The molecule has 3 aromatic rings. The summed E-state index contributed by atoms with van der Waals surface area (Å²) in [5, 5.41) is 6.72. The zero-order chi connectivity index (χ0) is 19.9. The molecule has 8 nitrogen and oxygen atoms in total. The minimum Gasteiger partial charge on any atom is -0.497 e. The average Bonchev–Trinajstić information content (AvgIpc) is 3.21. The lowest BCUT2D eigenvalue weighted by molar-refractivity contribution is -0.120. The van der Waals surface area contributed by atoms with Gasteiger partial charge in [0.25, 0.3) is 0 Å². The van der Waals surface area contributed by atoms with Crippen LogP contribution in [-0.4, -0.2) is 37.4 Å². The number of amides is 1. The smallest absolute Gasteiger partial charge is 0.246 e. The second kappa shape index (κ2) is 8.90. The molecule has 3 rings (SSSR count). The fraction of sp³-hybridized carbons (Fsp3) is 0.250. The van der Waals surface area contributed by atoms with Crippen LogP contribution in [0.1, 0.15) is 11.5 Å². The molecule has 0 spiro atoms. The van der Waals surface area contributed by atoms with Gasteiger partial charge in [-0.25, -0.2) is 0 Å². The molecule has 2 aromatic carbocycles. The Labute approximate surface area is 162 Å². The highest BCUT2D eigenvalue weighted by atomic mass is 16.5. The number of rotatable bonds is 8. The zero-order valence-corrected chi connectivity index (χ0v) is 15.9. The van der Waals surface area contributed by atoms with Gasteiger partial charge in [0.2, 0.25) is 17.6 Å². The van der Waals surface area contributed by atoms with Crippen LogP contribution in [-0.2, 0) is 17.8 Å². The maximum atomic E-state index is 12.1. The van der Waals surface area contributed by atoms with Gasteiger partial charge in [-0.15, -0.1) is 0 Å². The number of methoxy groups -OCH3 is 3. The third kappa shape index (κ3) is 4.59. The molecule has 0 atom stereocenters. The van der Waals surface area contributed by atoms with E-state index in [1.165, 1.54) is 0 Å². The summed E-state index contributed by atoms with van der Waals surface area (Å²) in [6, 6.07) is 12.7. The van der Waals surface area contributed by atoms with Crippen LogP contribution in [0.2, 0.25) is 0 Å². The van der Waals surface area contributed by atoms with Crippen molar-refractivity contribution in [3.05, 3.63) is 53.9 Å². The number of nitrogens with one attached hydrogen (secondary N) is 1. The summed E-state index contributed by atoms with van der Waals surface area (Å²) in [7, 11) is 4.72. The fourth-order valence-corrected chi connectivity index (χ4v) is 2.58. The predicted molar refractivity (Wildman–Crippen MR) is 101 cm³/mol. The number of nitrogens with zero attached hydrogens (tertiary/aromatic N) is 2. The van der Waals surface area contributed by atoms with E-state index in [1.807, 2.05) is 24.3 Å². The van der Waals surface area contributed by atoms with E-state index in [2.05, 4.69) is 15.5 Å². The first-order valence-corrected chi connectivity index (χ1v) is 8.57. The number of hydrogen-bond acceptors (Lipinski definition) is 7. The molecule has 0 unspecified atom stereocenters. The van der Waals surface area contributed by atoms with Crippen molar-refractivity contribution in [3.8, 4) is 28.6 Å². The Morgan fingerprint density at radius 3 is 2.43 bits per heavy atom. The molecule has 0 aliphatic carbocycles. The highest BCUT2D eigenvalue weighted by Crippen LogP contribution is 2.31. The van der Waals surface area contributed by atoms with Crippen LogP contribution < -0.4 is 19.5 Å². The van der Waals surface area contributed by atoms with Crippen molar-refractivity contribution in [3.63, 3.8) is 0 Å². The molecule has 0 saturated heterocycles. The first-order chi connectivity index (χ1) is 13.6. The minimum atomic E-state index is -0.143. The number of aromatic nitrogens is 2. The molecule has 0 aliphatic heterocycles. The number of carbonyl (C=O) groups excluding carboxylic acids is 1. The second-order valence-electron chi connectivity index (χ2n) is 5.88. The predicted octanol–water partition coefficient (Wildman–Crippen LogP) is 2.62. The molecule has 0 bridgehead atoms. The molecule has 1 aromatic heterocycles. The summed E-state index contributed by atoms with van der Waals surface area (Å²) >= 11 is 0. The number of carbonyl (C=O) groups is 1. The number of hydrogen-bond donors (Lipinski definition) is 1. The van der Waals surface area contributed by atoms with Gasteiger partial charge in [-0.2, -0.15) is 4.98 Å². The quantitative estimate of drug-likeness (QED) is 0.639. The van der Waals surface area contributed by atoms with Gasteiger partial charge in [0.15, 0.2) is 11.5 Å². The van der Waals surface area contributed by atoms with Gasteiger partial charge >= 0.3 is 0 Å². The lowest BCUT2D eigenvalue weighted by atomic mass is 10.1. The first kappa shape index (κ1) is 19.2. The van der Waals surface area contributed by atoms with Crippen molar-refractivity contribution in [1.82, 2.24) is 15.5 Å². The van der Waals surface area contributed by atoms with Crippen molar-refractivity contribution in [2.45, 2.75) is 13.0 Å². The highest BCUT2D eigenvalue weighted by Gasteiger charge is 2.13. The Kier molecular flexibility index (Phi) is 6.11. The average molecular weight is 383 g/mol. The minimum absolute atomic E-state index is 0.143. The summed E-state index contributed by atoms with van der Waals surface area (Å²) in [4.78, 5) is 16.4. The van der Waals surface area contributed by atoms with Crippen LogP contribution in [0.5, 0.6) is 17.2 Å². The molecule has 1 amide bonds. The molecule has 0 radical (unpaired) electrons. The number of ether oxygens (including phenoxy) is 3. The Morgan fingerprint density at radius 2 is 1.75 bits per heavy atom. The SMILES string of the molecule is COc1ccc(CC(=O)NCc2nc(-c3ccc(OC)c(OC)c3)no2)cc1. The number of benzene rings is 2. The maximum absolute atomic E-state index is 12.1. The molecule has 1 heterocycles. The monoisotopic (exact) mass is 383 g/mol. The molecule has 8 heteroatoms. The lowest BCUT2D eigenvalue weighted by Crippen LogP contribution is -2.24. The Morgan fingerprint density at radius 1 is 1.00 bits per heavy atom. The molecule has 0 saturated carbocycles. The van der Waals surface area contributed by atoms with Crippen molar-refractivity contribution in [2.24, 2.45) is 0 Å². The fourth-order valence-electron chi connectivity index (χ4n) is 2.58. The summed E-state index contributed by atoms with van der Waals surface area (Å²) in [6.07, 6.45) is 0.251. The van der Waals surface area contributed by atoms with E-state index >= 15 is 0 Å². The van der Waals surface area contributed by atoms with E-state index < -0.39 is 0 Å². The molecular weight excluding hydrogens is 362 g/mol. The van der Waals surface area contributed by atoms with Crippen LogP contribution in [0.4, 0.5) is 0 Å². The van der Waals surface area contributed by atoms with Gasteiger partial charge < -0.3 is 24.1 Å². The summed E-state index contributed by atoms with van der Waals surface area (Å²) < 4.78 is 20.8. The Bertz CT molecular complexity index is 937. The molecular formula is C20H21N3O5. The van der Waals surface area contributed by atoms with Crippen LogP contribution in [0.15, 0.2) is 47.0 Å². The van der Waals surface area contributed by atoms with Gasteiger partial charge in [-0.1, -0.05) is 17.3 Å². The third-order valence-electron chi connectivity index (χ3n) is 4.07. The van der Waals surface area contributed by atoms with Crippen molar-refractivity contribution < 1.29 is 23.5 Å². The lowest BCUT2D eigenvalue weighted by Gasteiger charge is -2.07. The van der Waals surface area contributed by atoms with Crippen molar-refractivity contribution in [1.29, 1.82) is 0 Å². The Hall–Kier alpha value is -3.55. The highest BCUT2D eigenvalue weighted by molar-refractivity contribution is 5.78. The van der Waals surface area contributed by atoms with Gasteiger partial charge in [-0.05, 0) is 35.9 Å². The normalized spacial score (nSPS) is 10.4. The Balaban J connectivity index is 1.59. The summed E-state index contributed by atoms with van der Waals surface area (Å²) in [6.45, 7) is 0.148. The van der Waals surface area contributed by atoms with E-state index in [4.69, 9.17) is 18.7 Å². The molecule has 1 N–H and O–H groups in total. The molecule has 0 aliphatic rings. The van der Waals surface area contributed by atoms with Crippen LogP contribution in [0, 0.1) is 0 Å². The second-order valence-corrected chi connectivity index (χ2v) is 5.88. The standard InChI is InChI=1S/C20H21N3O5/c1-25-15-7-4-13(5-8-15)10-18(24)21-12-19-22-20(23-28-19)14-6-9-16(26-2)17(11-14)27-3/h4-9,11H,10,12H2,1-3H3,(H,21,24). The van der Waals surface area contributed by atoms with E-state index in [0.29, 0.717) is 23.2 Å². The maximum Gasteiger partial charge on any atom is 0.246 e. The van der Waals surface area contributed by atoms with E-state index in [9.17, 15) is 4.79 Å². The molecule has 28 heavy (non-hydrogen) atoms. The van der Waals surface area contributed by atoms with Crippen LogP contribution in [0.25, 0.3) is 11.4 Å².